The minimum atomic E-state index is 0.584. The Morgan fingerprint density at radius 2 is 1.90 bits per heavy atom. The van der Waals surface area contributed by atoms with E-state index >= 15 is 0 Å². The maximum absolute atomic E-state index is 5.54. The smallest absolute Gasteiger partial charge is 0.125 e. The van der Waals surface area contributed by atoms with Crippen molar-refractivity contribution in [3.05, 3.63) is 35.9 Å². The first-order chi connectivity index (χ1) is 4.84. The molecule has 0 aromatic heterocycles. The first kappa shape index (κ1) is 6.81. The highest BCUT2D eigenvalue weighted by molar-refractivity contribution is 5.97. The summed E-state index contributed by atoms with van der Waals surface area (Å²) < 4.78 is 0. The lowest BCUT2D eigenvalue weighted by atomic mass is 10.2. The Kier molecular flexibility index (Phi) is 2.05. The third kappa shape index (κ3) is 1.35. The van der Waals surface area contributed by atoms with Crippen LogP contribution in [0.1, 0.15) is 5.56 Å². The lowest BCUT2D eigenvalue weighted by Crippen LogP contribution is -2.12. The quantitative estimate of drug-likeness (QED) is 0.452. The van der Waals surface area contributed by atoms with Crippen LogP contribution >= 0.6 is 0 Å². The highest BCUT2D eigenvalue weighted by Gasteiger charge is 1.91. The van der Waals surface area contributed by atoms with E-state index in [1.165, 1.54) is 0 Å². The molecule has 0 aliphatic carbocycles. The SMILES string of the molecule is C/N=C(\N)c1ccccc1. The molecular formula is C8H10N2. The van der Waals surface area contributed by atoms with E-state index in [2.05, 4.69) is 4.99 Å². The number of aliphatic imine (C=N–C) groups is 1. The van der Waals surface area contributed by atoms with Crippen molar-refractivity contribution >= 4 is 5.84 Å². The van der Waals surface area contributed by atoms with Crippen molar-refractivity contribution in [2.75, 3.05) is 7.05 Å². The largest absolute Gasteiger partial charge is 0.384 e. The first-order valence-corrected chi connectivity index (χ1v) is 3.12. The zero-order valence-corrected chi connectivity index (χ0v) is 5.91. The van der Waals surface area contributed by atoms with Crippen LogP contribution in [0, 0.1) is 0 Å². The van der Waals surface area contributed by atoms with Crippen molar-refractivity contribution in [1.82, 2.24) is 0 Å². The normalized spacial score (nSPS) is 11.5. The summed E-state index contributed by atoms with van der Waals surface area (Å²) in [6, 6.07) is 9.69. The monoisotopic (exact) mass is 134 g/mol. The van der Waals surface area contributed by atoms with Gasteiger partial charge in [-0.25, -0.2) is 0 Å². The summed E-state index contributed by atoms with van der Waals surface area (Å²) in [5, 5.41) is 0. The molecule has 1 rings (SSSR count). The van der Waals surface area contributed by atoms with Crippen LogP contribution in [0.5, 0.6) is 0 Å². The summed E-state index contributed by atoms with van der Waals surface area (Å²) in [4.78, 5) is 3.85. The fourth-order valence-electron chi connectivity index (χ4n) is 0.738. The van der Waals surface area contributed by atoms with Crippen LogP contribution < -0.4 is 5.73 Å². The van der Waals surface area contributed by atoms with Crippen LogP contribution in [0.3, 0.4) is 0 Å². The van der Waals surface area contributed by atoms with E-state index in [4.69, 9.17) is 5.73 Å². The standard InChI is InChI=1S/C8H10N2/c1-10-8(9)7-5-3-2-4-6-7/h2-6H,1H3,(H2,9,10). The maximum Gasteiger partial charge on any atom is 0.125 e. The fourth-order valence-corrected chi connectivity index (χ4v) is 0.738. The van der Waals surface area contributed by atoms with Gasteiger partial charge in [0.2, 0.25) is 0 Å². The lowest BCUT2D eigenvalue weighted by molar-refractivity contribution is 1.39. The van der Waals surface area contributed by atoms with E-state index < -0.39 is 0 Å². The lowest BCUT2D eigenvalue weighted by Gasteiger charge is -1.95. The van der Waals surface area contributed by atoms with Crippen molar-refractivity contribution in [3.8, 4) is 0 Å². The predicted molar refractivity (Wildman–Crippen MR) is 43.1 cm³/mol. The summed E-state index contributed by atoms with van der Waals surface area (Å²) in [5.74, 6) is 0.584. The second-order valence-corrected chi connectivity index (χ2v) is 1.97. The number of nitrogens with zero attached hydrogens (tertiary/aromatic N) is 1. The van der Waals surface area contributed by atoms with Crippen molar-refractivity contribution < 1.29 is 0 Å². The Morgan fingerprint density at radius 3 is 2.40 bits per heavy atom. The topological polar surface area (TPSA) is 38.4 Å². The van der Waals surface area contributed by atoms with E-state index in [0.29, 0.717) is 5.84 Å². The van der Waals surface area contributed by atoms with Gasteiger partial charge >= 0.3 is 0 Å². The molecule has 2 heteroatoms. The van der Waals surface area contributed by atoms with Crippen molar-refractivity contribution in [2.45, 2.75) is 0 Å². The van der Waals surface area contributed by atoms with Crippen LogP contribution in [0.4, 0.5) is 0 Å². The van der Waals surface area contributed by atoms with Crippen molar-refractivity contribution in [2.24, 2.45) is 10.7 Å². The van der Waals surface area contributed by atoms with Gasteiger partial charge < -0.3 is 5.73 Å². The van der Waals surface area contributed by atoms with Crippen LogP contribution in [0.2, 0.25) is 0 Å². The molecule has 52 valence electrons. The molecule has 1 aromatic carbocycles. The van der Waals surface area contributed by atoms with Gasteiger partial charge in [-0.15, -0.1) is 0 Å². The number of hydrogen-bond donors (Lipinski definition) is 1. The second kappa shape index (κ2) is 3.01. The number of amidine groups is 1. The van der Waals surface area contributed by atoms with Gasteiger partial charge in [-0.1, -0.05) is 30.3 Å². The zero-order chi connectivity index (χ0) is 7.40. The molecule has 0 saturated carbocycles. The van der Waals surface area contributed by atoms with E-state index in [1.54, 1.807) is 7.05 Å². The Bertz CT molecular complexity index is 226. The Morgan fingerprint density at radius 1 is 1.30 bits per heavy atom. The third-order valence-corrected chi connectivity index (χ3v) is 1.31. The van der Waals surface area contributed by atoms with Crippen LogP contribution in [-0.2, 0) is 0 Å². The summed E-state index contributed by atoms with van der Waals surface area (Å²) >= 11 is 0. The molecule has 0 aliphatic heterocycles. The van der Waals surface area contributed by atoms with Crippen LogP contribution in [0.25, 0.3) is 0 Å². The average molecular weight is 134 g/mol. The summed E-state index contributed by atoms with van der Waals surface area (Å²) in [6.07, 6.45) is 0. The molecule has 0 radical (unpaired) electrons. The highest BCUT2D eigenvalue weighted by atomic mass is 14.8. The second-order valence-electron chi connectivity index (χ2n) is 1.97. The van der Waals surface area contributed by atoms with Crippen molar-refractivity contribution in [3.63, 3.8) is 0 Å². The highest BCUT2D eigenvalue weighted by Crippen LogP contribution is 1.96. The van der Waals surface area contributed by atoms with Gasteiger partial charge in [-0.05, 0) is 0 Å². The average Bonchev–Trinajstić information content (AvgIpc) is 2.05. The number of nitrogens with two attached hydrogens (primary N) is 1. The molecule has 0 fully saturated rings. The molecule has 0 bridgehead atoms. The third-order valence-electron chi connectivity index (χ3n) is 1.31. The number of rotatable bonds is 1. The summed E-state index contributed by atoms with van der Waals surface area (Å²) in [7, 11) is 1.68. The van der Waals surface area contributed by atoms with Gasteiger partial charge in [0.25, 0.3) is 0 Å². The molecule has 0 unspecified atom stereocenters. The molecule has 10 heavy (non-hydrogen) atoms. The van der Waals surface area contributed by atoms with E-state index in [0.717, 1.165) is 5.56 Å². The Hall–Kier alpha value is -1.31. The summed E-state index contributed by atoms with van der Waals surface area (Å²) in [6.45, 7) is 0. The van der Waals surface area contributed by atoms with Crippen LogP contribution in [0.15, 0.2) is 35.3 Å². The van der Waals surface area contributed by atoms with Crippen LogP contribution in [-0.4, -0.2) is 12.9 Å². The van der Waals surface area contributed by atoms with Gasteiger partial charge in [-0.3, -0.25) is 4.99 Å². The Labute approximate surface area is 60.4 Å². The van der Waals surface area contributed by atoms with Gasteiger partial charge in [0.05, 0.1) is 0 Å². The zero-order valence-electron chi connectivity index (χ0n) is 5.91. The molecule has 2 nitrogen and oxygen atoms in total. The van der Waals surface area contributed by atoms with Gasteiger partial charge in [0.15, 0.2) is 0 Å². The minimum Gasteiger partial charge on any atom is -0.384 e. The molecule has 0 heterocycles. The number of hydrogen-bond acceptors (Lipinski definition) is 1. The molecule has 0 saturated heterocycles. The molecule has 0 amide bonds. The summed E-state index contributed by atoms with van der Waals surface area (Å²) in [5.41, 5.74) is 6.52. The molecule has 2 N–H and O–H groups in total. The minimum absolute atomic E-state index is 0.584. The Balaban J connectivity index is 2.96. The van der Waals surface area contributed by atoms with Gasteiger partial charge in [0.1, 0.15) is 5.84 Å². The molecule has 0 aliphatic rings. The predicted octanol–water partition coefficient (Wildman–Crippen LogP) is 1.02. The van der Waals surface area contributed by atoms with Crippen molar-refractivity contribution in [1.29, 1.82) is 0 Å². The first-order valence-electron chi connectivity index (χ1n) is 3.12. The fraction of sp³-hybridized carbons (Fsp3) is 0.125. The molecular weight excluding hydrogens is 124 g/mol. The van der Waals surface area contributed by atoms with Gasteiger partial charge in [0, 0.05) is 12.6 Å². The molecule has 0 atom stereocenters. The van der Waals surface area contributed by atoms with E-state index in [-0.39, 0.29) is 0 Å². The maximum atomic E-state index is 5.54. The van der Waals surface area contributed by atoms with E-state index in [1.807, 2.05) is 30.3 Å². The van der Waals surface area contributed by atoms with Gasteiger partial charge in [-0.2, -0.15) is 0 Å². The van der Waals surface area contributed by atoms with E-state index in [9.17, 15) is 0 Å². The number of benzene rings is 1. The molecule has 1 aromatic rings. The molecule has 0 spiro atoms.